The first-order chi connectivity index (χ1) is 7.42. The van der Waals surface area contributed by atoms with Gasteiger partial charge in [-0.15, -0.1) is 6.58 Å². The van der Waals surface area contributed by atoms with Gasteiger partial charge in [-0.2, -0.15) is 0 Å². The van der Waals surface area contributed by atoms with Crippen molar-refractivity contribution >= 4 is 10.9 Å². The standard InChI is InChI=1S/C13H16N2/c1-2-3-8-14-9-11-10-15-13-7-5-4-6-12(11)13/h2,4-7,10,14-15H,1,3,8-9H2. The van der Waals surface area contributed by atoms with Crippen molar-refractivity contribution in [3.63, 3.8) is 0 Å². The van der Waals surface area contributed by atoms with Crippen molar-refractivity contribution in [2.75, 3.05) is 6.54 Å². The summed E-state index contributed by atoms with van der Waals surface area (Å²) in [5, 5.41) is 4.70. The molecule has 0 unspecified atom stereocenters. The second-order valence-electron chi connectivity index (χ2n) is 3.61. The number of hydrogen-bond donors (Lipinski definition) is 2. The molecule has 0 saturated heterocycles. The zero-order valence-corrected chi connectivity index (χ0v) is 8.79. The highest BCUT2D eigenvalue weighted by Gasteiger charge is 2.00. The minimum Gasteiger partial charge on any atom is -0.361 e. The molecule has 2 nitrogen and oxygen atoms in total. The van der Waals surface area contributed by atoms with E-state index in [0.29, 0.717) is 0 Å². The maximum absolute atomic E-state index is 3.70. The number of H-pyrrole nitrogens is 1. The lowest BCUT2D eigenvalue weighted by Gasteiger charge is -2.01. The Labute approximate surface area is 90.0 Å². The number of aromatic amines is 1. The number of benzene rings is 1. The molecule has 0 aliphatic heterocycles. The Hall–Kier alpha value is -1.54. The molecule has 2 N–H and O–H groups in total. The van der Waals surface area contributed by atoms with Crippen LogP contribution in [0.3, 0.4) is 0 Å². The lowest BCUT2D eigenvalue weighted by atomic mass is 10.2. The Balaban J connectivity index is 2.05. The van der Waals surface area contributed by atoms with Gasteiger partial charge in [0.1, 0.15) is 0 Å². The molecule has 0 fully saturated rings. The Bertz CT molecular complexity index is 442. The fourth-order valence-corrected chi connectivity index (χ4v) is 1.71. The molecule has 0 bridgehead atoms. The van der Waals surface area contributed by atoms with Crippen LogP contribution in [0.1, 0.15) is 12.0 Å². The summed E-state index contributed by atoms with van der Waals surface area (Å²) in [6, 6.07) is 8.37. The van der Waals surface area contributed by atoms with Crippen LogP contribution in [0.5, 0.6) is 0 Å². The molecular weight excluding hydrogens is 184 g/mol. The smallest absolute Gasteiger partial charge is 0.0457 e. The monoisotopic (exact) mass is 200 g/mol. The van der Waals surface area contributed by atoms with Gasteiger partial charge in [-0.1, -0.05) is 24.3 Å². The molecule has 0 aliphatic carbocycles. The van der Waals surface area contributed by atoms with E-state index >= 15 is 0 Å². The molecule has 2 heteroatoms. The lowest BCUT2D eigenvalue weighted by Crippen LogP contribution is -2.13. The molecule has 1 aromatic heterocycles. The van der Waals surface area contributed by atoms with Crippen molar-refractivity contribution in [1.29, 1.82) is 0 Å². The number of hydrogen-bond acceptors (Lipinski definition) is 1. The Morgan fingerprint density at radius 2 is 2.20 bits per heavy atom. The third-order valence-corrected chi connectivity index (χ3v) is 2.52. The molecule has 1 aromatic carbocycles. The summed E-state index contributed by atoms with van der Waals surface area (Å²) in [7, 11) is 0. The van der Waals surface area contributed by atoms with Crippen LogP contribution in [0.15, 0.2) is 43.1 Å². The largest absolute Gasteiger partial charge is 0.361 e. The molecule has 0 atom stereocenters. The molecule has 0 aliphatic rings. The average Bonchev–Trinajstić information content (AvgIpc) is 2.68. The minimum atomic E-state index is 0.915. The van der Waals surface area contributed by atoms with Gasteiger partial charge in [-0.25, -0.2) is 0 Å². The molecule has 0 saturated carbocycles. The van der Waals surface area contributed by atoms with Crippen LogP contribution in [-0.2, 0) is 6.54 Å². The molecule has 2 rings (SSSR count). The zero-order valence-electron chi connectivity index (χ0n) is 8.79. The van der Waals surface area contributed by atoms with E-state index in [1.165, 1.54) is 16.5 Å². The first kappa shape index (κ1) is 9.99. The van der Waals surface area contributed by atoms with Crippen molar-refractivity contribution in [1.82, 2.24) is 10.3 Å². The number of rotatable bonds is 5. The summed E-state index contributed by atoms with van der Waals surface area (Å²) < 4.78 is 0. The summed E-state index contributed by atoms with van der Waals surface area (Å²) in [5.74, 6) is 0. The van der Waals surface area contributed by atoms with Gasteiger partial charge < -0.3 is 10.3 Å². The van der Waals surface area contributed by atoms with E-state index in [0.717, 1.165) is 19.5 Å². The topological polar surface area (TPSA) is 27.8 Å². The minimum absolute atomic E-state index is 0.915. The molecule has 0 radical (unpaired) electrons. The normalized spacial score (nSPS) is 10.7. The second kappa shape index (κ2) is 4.80. The highest BCUT2D eigenvalue weighted by Crippen LogP contribution is 2.16. The van der Waals surface area contributed by atoms with Gasteiger partial charge in [-0.3, -0.25) is 0 Å². The third-order valence-electron chi connectivity index (χ3n) is 2.52. The predicted molar refractivity (Wildman–Crippen MR) is 64.8 cm³/mol. The number of para-hydroxylation sites is 1. The fraction of sp³-hybridized carbons (Fsp3) is 0.231. The van der Waals surface area contributed by atoms with Crippen molar-refractivity contribution in [3.05, 3.63) is 48.7 Å². The number of fused-ring (bicyclic) bond motifs is 1. The van der Waals surface area contributed by atoms with E-state index in [2.05, 4.69) is 41.3 Å². The lowest BCUT2D eigenvalue weighted by molar-refractivity contribution is 0.699. The summed E-state index contributed by atoms with van der Waals surface area (Å²) in [5.41, 5.74) is 2.53. The fourth-order valence-electron chi connectivity index (χ4n) is 1.71. The van der Waals surface area contributed by atoms with Crippen molar-refractivity contribution in [3.8, 4) is 0 Å². The first-order valence-corrected chi connectivity index (χ1v) is 5.28. The molecule has 78 valence electrons. The summed E-state index contributed by atoms with van der Waals surface area (Å²) >= 11 is 0. The summed E-state index contributed by atoms with van der Waals surface area (Å²) in [4.78, 5) is 3.27. The molecule has 15 heavy (non-hydrogen) atoms. The van der Waals surface area contributed by atoms with E-state index in [1.807, 2.05) is 12.1 Å². The highest BCUT2D eigenvalue weighted by molar-refractivity contribution is 5.82. The van der Waals surface area contributed by atoms with E-state index in [-0.39, 0.29) is 0 Å². The average molecular weight is 200 g/mol. The van der Waals surface area contributed by atoms with Crippen LogP contribution in [0, 0.1) is 0 Å². The molecule has 2 aromatic rings. The van der Waals surface area contributed by atoms with Gasteiger partial charge in [0.25, 0.3) is 0 Å². The SMILES string of the molecule is C=CCCNCc1c[nH]c2ccccc12. The molecule has 0 amide bonds. The van der Waals surface area contributed by atoms with Crippen LogP contribution in [0.2, 0.25) is 0 Å². The van der Waals surface area contributed by atoms with Crippen molar-refractivity contribution in [2.45, 2.75) is 13.0 Å². The molecular formula is C13H16N2. The predicted octanol–water partition coefficient (Wildman–Crippen LogP) is 2.83. The maximum Gasteiger partial charge on any atom is 0.0457 e. The second-order valence-corrected chi connectivity index (χ2v) is 3.61. The highest BCUT2D eigenvalue weighted by atomic mass is 14.9. The van der Waals surface area contributed by atoms with E-state index in [1.54, 1.807) is 0 Å². The number of nitrogens with one attached hydrogen (secondary N) is 2. The van der Waals surface area contributed by atoms with Crippen LogP contribution >= 0.6 is 0 Å². The van der Waals surface area contributed by atoms with E-state index in [4.69, 9.17) is 0 Å². The maximum atomic E-state index is 3.70. The van der Waals surface area contributed by atoms with Crippen molar-refractivity contribution < 1.29 is 0 Å². The van der Waals surface area contributed by atoms with Gasteiger partial charge in [0.05, 0.1) is 0 Å². The van der Waals surface area contributed by atoms with Gasteiger partial charge in [0.2, 0.25) is 0 Å². The third kappa shape index (κ3) is 2.28. The zero-order chi connectivity index (χ0) is 10.5. The van der Waals surface area contributed by atoms with Gasteiger partial charge >= 0.3 is 0 Å². The molecule has 0 spiro atoms. The molecule has 1 heterocycles. The van der Waals surface area contributed by atoms with Crippen LogP contribution in [-0.4, -0.2) is 11.5 Å². The Morgan fingerprint density at radius 1 is 1.33 bits per heavy atom. The first-order valence-electron chi connectivity index (χ1n) is 5.28. The Kier molecular flexibility index (Phi) is 3.20. The van der Waals surface area contributed by atoms with E-state index < -0.39 is 0 Å². The number of aromatic nitrogens is 1. The quantitative estimate of drug-likeness (QED) is 0.563. The van der Waals surface area contributed by atoms with E-state index in [9.17, 15) is 0 Å². The van der Waals surface area contributed by atoms with Crippen LogP contribution in [0.4, 0.5) is 0 Å². The Morgan fingerprint density at radius 3 is 3.07 bits per heavy atom. The van der Waals surface area contributed by atoms with Gasteiger partial charge in [0, 0.05) is 23.6 Å². The summed E-state index contributed by atoms with van der Waals surface area (Å²) in [6.07, 6.45) is 5.02. The van der Waals surface area contributed by atoms with Crippen LogP contribution < -0.4 is 5.32 Å². The van der Waals surface area contributed by atoms with Crippen molar-refractivity contribution in [2.24, 2.45) is 0 Å². The summed E-state index contributed by atoms with van der Waals surface area (Å²) in [6.45, 7) is 5.60. The van der Waals surface area contributed by atoms with Gasteiger partial charge in [-0.05, 0) is 24.6 Å². The van der Waals surface area contributed by atoms with Crippen LogP contribution in [0.25, 0.3) is 10.9 Å². The van der Waals surface area contributed by atoms with Gasteiger partial charge in [0.15, 0.2) is 0 Å².